The van der Waals surface area contributed by atoms with Crippen LogP contribution in [0.4, 0.5) is 4.79 Å². The third kappa shape index (κ3) is 6.37. The van der Waals surface area contributed by atoms with Gasteiger partial charge in [-0.2, -0.15) is 0 Å². The zero-order chi connectivity index (χ0) is 11.8. The fourth-order valence-electron chi connectivity index (χ4n) is 1.40. The third-order valence-electron chi connectivity index (χ3n) is 2.25. The Morgan fingerprint density at radius 1 is 1.27 bits per heavy atom. The maximum atomic E-state index is 11.8. The van der Waals surface area contributed by atoms with E-state index >= 15 is 0 Å². The molecule has 15 heavy (non-hydrogen) atoms. The maximum absolute atomic E-state index is 11.8. The Morgan fingerprint density at radius 2 is 1.87 bits per heavy atom. The Hall–Kier alpha value is -0.730. The van der Waals surface area contributed by atoms with Gasteiger partial charge < -0.3 is 10.2 Å². The van der Waals surface area contributed by atoms with Gasteiger partial charge in [0.1, 0.15) is 0 Å². The first-order valence-corrected chi connectivity index (χ1v) is 6.03. The molecule has 0 aliphatic heterocycles. The minimum absolute atomic E-state index is 0.0761. The summed E-state index contributed by atoms with van der Waals surface area (Å²) in [6.45, 7) is 12.1. The number of urea groups is 1. The predicted molar refractivity (Wildman–Crippen MR) is 65.0 cm³/mol. The molecule has 0 heterocycles. The van der Waals surface area contributed by atoms with E-state index in [1.54, 1.807) is 0 Å². The van der Waals surface area contributed by atoms with Crippen LogP contribution in [-0.2, 0) is 0 Å². The smallest absolute Gasteiger partial charge is 0.317 e. The largest absolute Gasteiger partial charge is 0.338 e. The molecule has 90 valence electrons. The molecule has 0 rings (SSSR count). The standard InChI is InChI=1S/C12H26N2O/c1-6-7-8-13-12(15)14(11(4)5)9-10(2)3/h10-11H,6-9H2,1-5H3,(H,13,15). The second kappa shape index (κ2) is 7.55. The summed E-state index contributed by atoms with van der Waals surface area (Å²) in [5, 5.41) is 2.96. The molecule has 3 nitrogen and oxygen atoms in total. The predicted octanol–water partition coefficient (Wildman–Crippen LogP) is 2.86. The molecular formula is C12H26N2O. The average molecular weight is 214 g/mol. The lowest BCUT2D eigenvalue weighted by molar-refractivity contribution is 0.174. The molecule has 0 saturated heterocycles. The number of unbranched alkanes of at least 4 members (excludes halogenated alkanes) is 1. The summed E-state index contributed by atoms with van der Waals surface area (Å²) >= 11 is 0. The minimum Gasteiger partial charge on any atom is -0.338 e. The quantitative estimate of drug-likeness (QED) is 0.677. The highest BCUT2D eigenvalue weighted by atomic mass is 16.2. The van der Waals surface area contributed by atoms with E-state index in [4.69, 9.17) is 0 Å². The van der Waals surface area contributed by atoms with Crippen LogP contribution < -0.4 is 5.32 Å². The SMILES string of the molecule is CCCCNC(=O)N(CC(C)C)C(C)C. The fraction of sp³-hybridized carbons (Fsp3) is 0.917. The van der Waals surface area contributed by atoms with E-state index < -0.39 is 0 Å². The first-order chi connectivity index (χ1) is 6.99. The van der Waals surface area contributed by atoms with Crippen molar-refractivity contribution in [3.8, 4) is 0 Å². The van der Waals surface area contributed by atoms with Gasteiger partial charge in [-0.05, 0) is 26.2 Å². The summed E-state index contributed by atoms with van der Waals surface area (Å²) < 4.78 is 0. The van der Waals surface area contributed by atoms with Gasteiger partial charge in [0.25, 0.3) is 0 Å². The van der Waals surface area contributed by atoms with Crippen LogP contribution in [0.3, 0.4) is 0 Å². The summed E-state index contributed by atoms with van der Waals surface area (Å²) in [4.78, 5) is 13.7. The molecular weight excluding hydrogens is 188 g/mol. The Labute approximate surface area is 94.2 Å². The van der Waals surface area contributed by atoms with Crippen LogP contribution in [0, 0.1) is 5.92 Å². The molecule has 0 unspecified atom stereocenters. The molecule has 1 N–H and O–H groups in total. The zero-order valence-corrected chi connectivity index (χ0v) is 10.8. The molecule has 0 spiro atoms. The van der Waals surface area contributed by atoms with Crippen molar-refractivity contribution in [2.24, 2.45) is 5.92 Å². The maximum Gasteiger partial charge on any atom is 0.317 e. The van der Waals surface area contributed by atoms with Crippen LogP contribution in [-0.4, -0.2) is 30.1 Å². The number of nitrogens with zero attached hydrogens (tertiary/aromatic N) is 1. The van der Waals surface area contributed by atoms with Gasteiger partial charge in [-0.3, -0.25) is 0 Å². The first kappa shape index (κ1) is 14.3. The van der Waals surface area contributed by atoms with Crippen molar-refractivity contribution in [1.82, 2.24) is 10.2 Å². The van der Waals surface area contributed by atoms with E-state index in [9.17, 15) is 4.79 Å². The van der Waals surface area contributed by atoms with Crippen molar-refractivity contribution in [3.05, 3.63) is 0 Å². The van der Waals surface area contributed by atoms with Crippen molar-refractivity contribution >= 4 is 6.03 Å². The highest BCUT2D eigenvalue weighted by molar-refractivity contribution is 5.74. The molecule has 0 fully saturated rings. The Kier molecular flexibility index (Phi) is 7.18. The molecule has 0 aliphatic rings. The molecule has 0 aliphatic carbocycles. The van der Waals surface area contributed by atoms with Crippen molar-refractivity contribution in [3.63, 3.8) is 0 Å². The zero-order valence-electron chi connectivity index (χ0n) is 10.8. The van der Waals surface area contributed by atoms with Gasteiger partial charge in [0.05, 0.1) is 0 Å². The van der Waals surface area contributed by atoms with E-state index in [0.717, 1.165) is 25.9 Å². The van der Waals surface area contributed by atoms with Crippen LogP contribution in [0.25, 0.3) is 0 Å². The van der Waals surface area contributed by atoms with Crippen LogP contribution in [0.15, 0.2) is 0 Å². The minimum atomic E-state index is 0.0761. The second-order valence-electron chi connectivity index (χ2n) is 4.73. The van der Waals surface area contributed by atoms with Crippen molar-refractivity contribution in [2.45, 2.75) is 53.5 Å². The number of carbonyl (C=O) groups is 1. The van der Waals surface area contributed by atoms with Crippen LogP contribution in [0.2, 0.25) is 0 Å². The Bertz CT molecular complexity index is 178. The topological polar surface area (TPSA) is 32.3 Å². The molecule has 0 saturated carbocycles. The summed E-state index contributed by atoms with van der Waals surface area (Å²) in [6, 6.07) is 0.348. The van der Waals surface area contributed by atoms with Gasteiger partial charge in [-0.1, -0.05) is 27.2 Å². The lowest BCUT2D eigenvalue weighted by Gasteiger charge is -2.28. The number of rotatable bonds is 6. The number of carbonyl (C=O) groups excluding carboxylic acids is 1. The molecule has 0 aromatic carbocycles. The molecule has 0 aromatic rings. The summed E-state index contributed by atoms with van der Waals surface area (Å²) in [6.07, 6.45) is 2.17. The first-order valence-electron chi connectivity index (χ1n) is 6.03. The Balaban J connectivity index is 4.05. The number of amides is 2. The van der Waals surface area contributed by atoms with Crippen LogP contribution in [0.1, 0.15) is 47.5 Å². The number of hydrogen-bond acceptors (Lipinski definition) is 1. The average Bonchev–Trinajstić information content (AvgIpc) is 2.13. The molecule has 2 amide bonds. The van der Waals surface area contributed by atoms with E-state index in [1.165, 1.54) is 0 Å². The molecule has 0 bridgehead atoms. The lowest BCUT2D eigenvalue weighted by Crippen LogP contribution is -2.45. The van der Waals surface area contributed by atoms with E-state index in [2.05, 4.69) is 39.9 Å². The second-order valence-corrected chi connectivity index (χ2v) is 4.73. The van der Waals surface area contributed by atoms with Gasteiger partial charge in [-0.15, -0.1) is 0 Å². The van der Waals surface area contributed by atoms with Crippen molar-refractivity contribution in [1.29, 1.82) is 0 Å². The molecule has 0 radical (unpaired) electrons. The summed E-state index contributed by atoms with van der Waals surface area (Å²) in [5.41, 5.74) is 0. The molecule has 3 heteroatoms. The third-order valence-corrected chi connectivity index (χ3v) is 2.25. The van der Waals surface area contributed by atoms with E-state index in [-0.39, 0.29) is 12.1 Å². The number of hydrogen-bond donors (Lipinski definition) is 1. The van der Waals surface area contributed by atoms with Crippen molar-refractivity contribution < 1.29 is 4.79 Å². The fourth-order valence-corrected chi connectivity index (χ4v) is 1.40. The van der Waals surface area contributed by atoms with Crippen LogP contribution in [0.5, 0.6) is 0 Å². The van der Waals surface area contributed by atoms with E-state index in [0.29, 0.717) is 5.92 Å². The van der Waals surface area contributed by atoms with Crippen LogP contribution >= 0.6 is 0 Å². The molecule has 0 atom stereocenters. The highest BCUT2D eigenvalue weighted by Crippen LogP contribution is 2.04. The van der Waals surface area contributed by atoms with Crippen molar-refractivity contribution in [2.75, 3.05) is 13.1 Å². The number of nitrogens with one attached hydrogen (secondary N) is 1. The van der Waals surface area contributed by atoms with Gasteiger partial charge in [0.2, 0.25) is 0 Å². The van der Waals surface area contributed by atoms with Gasteiger partial charge in [-0.25, -0.2) is 4.79 Å². The van der Waals surface area contributed by atoms with Gasteiger partial charge in [0, 0.05) is 19.1 Å². The monoisotopic (exact) mass is 214 g/mol. The molecule has 0 aromatic heterocycles. The van der Waals surface area contributed by atoms with Gasteiger partial charge in [0.15, 0.2) is 0 Å². The summed E-state index contributed by atoms with van der Waals surface area (Å²) in [5.74, 6) is 0.518. The highest BCUT2D eigenvalue weighted by Gasteiger charge is 2.16. The lowest BCUT2D eigenvalue weighted by atomic mass is 10.2. The summed E-state index contributed by atoms with van der Waals surface area (Å²) in [7, 11) is 0. The van der Waals surface area contributed by atoms with Gasteiger partial charge >= 0.3 is 6.03 Å². The van der Waals surface area contributed by atoms with E-state index in [1.807, 2.05) is 4.90 Å². The Morgan fingerprint density at radius 3 is 2.27 bits per heavy atom. The normalized spacial score (nSPS) is 10.9.